The Morgan fingerprint density at radius 1 is 1.15 bits per heavy atom. The van der Waals surface area contributed by atoms with Crippen molar-refractivity contribution in [3.8, 4) is 5.75 Å². The topological polar surface area (TPSA) is 58.8 Å². The van der Waals surface area contributed by atoms with Gasteiger partial charge in [-0.25, -0.2) is 0 Å². The van der Waals surface area contributed by atoms with Gasteiger partial charge >= 0.3 is 0 Å². The maximum absolute atomic E-state index is 12.9. The van der Waals surface area contributed by atoms with Crippen molar-refractivity contribution in [1.82, 2.24) is 4.90 Å². The average Bonchev–Trinajstić information content (AvgIpc) is 3.28. The van der Waals surface area contributed by atoms with Crippen LogP contribution in [-0.4, -0.2) is 49.1 Å². The molecule has 1 aliphatic heterocycles. The molecule has 1 saturated carbocycles. The standard InChI is InChI=1S/C28H45N3O2/c1-21(2)14-17-31(25-15-16-30(19-25)28(32)27(29)18-22(3)4)24-10-12-26(13-11-24)33-20-23-8-6-5-7-9-23/h10-14,22-23,25,27H,5-9,15-20,29H2,1-4H3/t25?,27-/m0/s1. The van der Waals surface area contributed by atoms with Crippen LogP contribution in [0.5, 0.6) is 5.75 Å². The highest BCUT2D eigenvalue weighted by Gasteiger charge is 2.32. The molecular weight excluding hydrogens is 410 g/mol. The van der Waals surface area contributed by atoms with E-state index in [9.17, 15) is 4.79 Å². The lowest BCUT2D eigenvalue weighted by Crippen LogP contribution is -2.45. The maximum Gasteiger partial charge on any atom is 0.239 e. The van der Waals surface area contributed by atoms with E-state index in [0.717, 1.165) is 44.8 Å². The highest BCUT2D eigenvalue weighted by Crippen LogP contribution is 2.28. The second-order valence-corrected chi connectivity index (χ2v) is 10.7. The highest BCUT2D eigenvalue weighted by molar-refractivity contribution is 5.82. The third-order valence-electron chi connectivity index (χ3n) is 7.03. The molecule has 2 N–H and O–H groups in total. The number of anilines is 1. The van der Waals surface area contributed by atoms with E-state index < -0.39 is 6.04 Å². The van der Waals surface area contributed by atoms with Crippen molar-refractivity contribution in [3.05, 3.63) is 35.9 Å². The van der Waals surface area contributed by atoms with Crippen LogP contribution in [0.2, 0.25) is 0 Å². The Labute approximate surface area is 201 Å². The number of amides is 1. The predicted octanol–water partition coefficient (Wildman–Crippen LogP) is 5.39. The number of benzene rings is 1. The summed E-state index contributed by atoms with van der Waals surface area (Å²) in [5.41, 5.74) is 8.69. The lowest BCUT2D eigenvalue weighted by atomic mass is 9.90. The summed E-state index contributed by atoms with van der Waals surface area (Å²) in [5, 5.41) is 0. The van der Waals surface area contributed by atoms with Gasteiger partial charge in [0.2, 0.25) is 5.91 Å². The summed E-state index contributed by atoms with van der Waals surface area (Å²) >= 11 is 0. The van der Waals surface area contributed by atoms with Crippen LogP contribution in [0.15, 0.2) is 35.9 Å². The molecule has 1 saturated heterocycles. The largest absolute Gasteiger partial charge is 0.493 e. The lowest BCUT2D eigenvalue weighted by Gasteiger charge is -2.31. The number of carbonyl (C=O) groups is 1. The van der Waals surface area contributed by atoms with Crippen molar-refractivity contribution in [2.45, 2.75) is 84.7 Å². The normalized spacial score (nSPS) is 20.1. The highest BCUT2D eigenvalue weighted by atomic mass is 16.5. The van der Waals surface area contributed by atoms with Gasteiger partial charge in [-0.15, -0.1) is 0 Å². The van der Waals surface area contributed by atoms with Gasteiger partial charge in [0, 0.05) is 31.4 Å². The van der Waals surface area contributed by atoms with E-state index in [-0.39, 0.29) is 5.91 Å². The molecule has 1 unspecified atom stereocenters. The number of allylic oxidation sites excluding steroid dienone is 1. The Hall–Kier alpha value is -2.01. The fraction of sp³-hybridized carbons (Fsp3) is 0.679. The first-order valence-corrected chi connectivity index (χ1v) is 13.0. The Kier molecular flexibility index (Phi) is 9.66. The number of ether oxygens (including phenoxy) is 1. The zero-order valence-corrected chi connectivity index (χ0v) is 21.3. The summed E-state index contributed by atoms with van der Waals surface area (Å²) in [5.74, 6) is 2.18. The molecular formula is C28H45N3O2. The lowest BCUT2D eigenvalue weighted by molar-refractivity contribution is -0.131. The van der Waals surface area contributed by atoms with Gasteiger partial charge in [0.25, 0.3) is 0 Å². The van der Waals surface area contributed by atoms with Gasteiger partial charge in [-0.1, -0.05) is 44.8 Å². The minimum Gasteiger partial charge on any atom is -0.493 e. The summed E-state index contributed by atoms with van der Waals surface area (Å²) < 4.78 is 6.11. The quantitative estimate of drug-likeness (QED) is 0.480. The molecule has 0 bridgehead atoms. The Morgan fingerprint density at radius 2 is 1.85 bits per heavy atom. The van der Waals surface area contributed by atoms with Crippen molar-refractivity contribution < 1.29 is 9.53 Å². The van der Waals surface area contributed by atoms with Gasteiger partial charge in [-0.2, -0.15) is 0 Å². The van der Waals surface area contributed by atoms with E-state index >= 15 is 0 Å². The van der Waals surface area contributed by atoms with Crippen molar-refractivity contribution in [1.29, 1.82) is 0 Å². The monoisotopic (exact) mass is 455 g/mol. The zero-order valence-electron chi connectivity index (χ0n) is 21.3. The number of rotatable bonds is 10. The van der Waals surface area contributed by atoms with E-state index in [2.05, 4.69) is 62.9 Å². The number of nitrogens with zero attached hydrogens (tertiary/aromatic N) is 2. The number of carbonyl (C=O) groups excluding carboxylic acids is 1. The number of hydrogen-bond acceptors (Lipinski definition) is 4. The minimum absolute atomic E-state index is 0.0971. The Bertz CT molecular complexity index is 764. The Balaban J connectivity index is 1.63. The van der Waals surface area contributed by atoms with Crippen LogP contribution in [0.3, 0.4) is 0 Å². The Morgan fingerprint density at radius 3 is 2.48 bits per heavy atom. The molecule has 0 aromatic heterocycles. The molecule has 1 aromatic rings. The van der Waals surface area contributed by atoms with Crippen LogP contribution in [0.4, 0.5) is 5.69 Å². The van der Waals surface area contributed by atoms with E-state index in [0.29, 0.717) is 17.9 Å². The molecule has 2 aliphatic rings. The molecule has 1 amide bonds. The minimum atomic E-state index is -0.393. The predicted molar refractivity (Wildman–Crippen MR) is 138 cm³/mol. The first kappa shape index (κ1) is 25.6. The molecule has 2 atom stereocenters. The van der Waals surface area contributed by atoms with E-state index in [4.69, 9.17) is 10.5 Å². The zero-order chi connectivity index (χ0) is 23.8. The molecule has 2 fully saturated rings. The third-order valence-corrected chi connectivity index (χ3v) is 7.03. The molecule has 5 heteroatoms. The van der Waals surface area contributed by atoms with Gasteiger partial charge in [0.1, 0.15) is 5.75 Å². The summed E-state index contributed by atoms with van der Waals surface area (Å²) in [6.07, 6.45) is 10.6. The molecule has 1 aliphatic carbocycles. The summed E-state index contributed by atoms with van der Waals surface area (Å²) in [6, 6.07) is 8.45. The molecule has 1 aromatic carbocycles. The molecule has 184 valence electrons. The second kappa shape index (κ2) is 12.5. The van der Waals surface area contributed by atoms with Crippen molar-refractivity contribution in [2.24, 2.45) is 17.6 Å². The van der Waals surface area contributed by atoms with Gasteiger partial charge in [0.05, 0.1) is 12.6 Å². The third kappa shape index (κ3) is 7.77. The summed E-state index contributed by atoms with van der Waals surface area (Å²) in [7, 11) is 0. The fourth-order valence-electron chi connectivity index (χ4n) is 5.09. The summed E-state index contributed by atoms with van der Waals surface area (Å²) in [6.45, 7) is 11.7. The number of hydrogen-bond donors (Lipinski definition) is 1. The first-order valence-electron chi connectivity index (χ1n) is 13.0. The molecule has 0 spiro atoms. The van der Waals surface area contributed by atoms with Crippen molar-refractivity contribution in [2.75, 3.05) is 31.1 Å². The SMILES string of the molecule is CC(C)=CCN(c1ccc(OCC2CCCCC2)cc1)C1CCN(C(=O)[C@@H](N)CC(C)C)C1. The maximum atomic E-state index is 12.9. The van der Waals surface area contributed by atoms with Crippen LogP contribution in [0, 0.1) is 11.8 Å². The van der Waals surface area contributed by atoms with Gasteiger partial charge in [-0.05, 0) is 75.6 Å². The molecule has 33 heavy (non-hydrogen) atoms. The van der Waals surface area contributed by atoms with Crippen LogP contribution < -0.4 is 15.4 Å². The van der Waals surface area contributed by atoms with Crippen LogP contribution >= 0.6 is 0 Å². The molecule has 5 nitrogen and oxygen atoms in total. The number of likely N-dealkylation sites (tertiary alicyclic amines) is 1. The van der Waals surface area contributed by atoms with Gasteiger partial charge < -0.3 is 20.3 Å². The van der Waals surface area contributed by atoms with Crippen molar-refractivity contribution >= 4 is 11.6 Å². The second-order valence-electron chi connectivity index (χ2n) is 10.7. The average molecular weight is 456 g/mol. The van der Waals surface area contributed by atoms with Gasteiger partial charge in [-0.3, -0.25) is 4.79 Å². The van der Waals surface area contributed by atoms with Crippen LogP contribution in [0.25, 0.3) is 0 Å². The van der Waals surface area contributed by atoms with Crippen LogP contribution in [0.1, 0.15) is 72.6 Å². The van der Waals surface area contributed by atoms with E-state index in [1.54, 1.807) is 0 Å². The number of nitrogens with two attached hydrogens (primary N) is 1. The molecule has 0 radical (unpaired) electrons. The fourth-order valence-corrected chi connectivity index (χ4v) is 5.09. The van der Waals surface area contributed by atoms with Gasteiger partial charge in [0.15, 0.2) is 0 Å². The van der Waals surface area contributed by atoms with E-state index in [1.807, 2.05) is 4.90 Å². The summed E-state index contributed by atoms with van der Waals surface area (Å²) in [4.78, 5) is 17.2. The van der Waals surface area contributed by atoms with Crippen molar-refractivity contribution in [3.63, 3.8) is 0 Å². The molecule has 1 heterocycles. The first-order chi connectivity index (χ1) is 15.8. The van der Waals surface area contributed by atoms with Crippen LogP contribution in [-0.2, 0) is 4.79 Å². The molecule has 3 rings (SSSR count). The smallest absolute Gasteiger partial charge is 0.239 e. The van der Waals surface area contributed by atoms with E-state index in [1.165, 1.54) is 43.4 Å².